The fourth-order valence-corrected chi connectivity index (χ4v) is 3.82. The van der Waals surface area contributed by atoms with Crippen molar-refractivity contribution >= 4 is 11.9 Å². The number of carbonyl (C=O) groups is 2. The normalized spacial score (nSPS) is 15.6. The lowest BCUT2D eigenvalue weighted by atomic mass is 10.0. The second-order valence-electron chi connectivity index (χ2n) is 7.50. The van der Waals surface area contributed by atoms with Crippen molar-refractivity contribution in [3.8, 4) is 16.9 Å². The Bertz CT molecular complexity index is 1100. The van der Waals surface area contributed by atoms with Gasteiger partial charge in [0, 0.05) is 24.7 Å². The molecule has 0 radical (unpaired) electrons. The van der Waals surface area contributed by atoms with Gasteiger partial charge < -0.3 is 19.4 Å². The number of methoxy groups -OCH3 is 1. The van der Waals surface area contributed by atoms with Crippen LogP contribution < -0.4 is 10.1 Å². The number of nitrogens with one attached hydrogen (secondary N) is 1. The van der Waals surface area contributed by atoms with Crippen LogP contribution >= 0.6 is 0 Å². The van der Waals surface area contributed by atoms with Crippen LogP contribution in [0.25, 0.3) is 11.1 Å². The lowest BCUT2D eigenvalue weighted by Crippen LogP contribution is -2.39. The Morgan fingerprint density at radius 1 is 1.19 bits per heavy atom. The molecule has 1 saturated heterocycles. The molecule has 6 nitrogen and oxygen atoms in total. The molecule has 7 heteroatoms. The highest BCUT2D eigenvalue weighted by atomic mass is 19.1. The van der Waals surface area contributed by atoms with Crippen LogP contribution in [-0.4, -0.2) is 36.2 Å². The number of nitrogens with zero attached hydrogens (tertiary/aromatic N) is 1. The van der Waals surface area contributed by atoms with E-state index in [0.29, 0.717) is 31.0 Å². The van der Waals surface area contributed by atoms with E-state index in [1.807, 2.05) is 42.0 Å². The summed E-state index contributed by atoms with van der Waals surface area (Å²) in [6.45, 7) is 2.61. The molecule has 0 bridgehead atoms. The van der Waals surface area contributed by atoms with Gasteiger partial charge in [-0.15, -0.1) is 0 Å². The molecule has 4 rings (SSSR count). The molecular weight excluding hydrogens is 399 g/mol. The van der Waals surface area contributed by atoms with Crippen molar-refractivity contribution in [1.29, 1.82) is 0 Å². The van der Waals surface area contributed by atoms with E-state index in [1.54, 1.807) is 19.2 Å². The SMILES string of the molecule is COc1ccc(-c2c(C)cn(Cc3ccc(F)cc3)c2C(=O)NC2CCOC2=O)cc1. The molecule has 3 aromatic rings. The molecule has 1 N–H and O–H groups in total. The molecule has 1 amide bonds. The summed E-state index contributed by atoms with van der Waals surface area (Å²) in [7, 11) is 1.60. The van der Waals surface area contributed by atoms with Crippen LogP contribution in [0.2, 0.25) is 0 Å². The first-order valence-corrected chi connectivity index (χ1v) is 10.0. The topological polar surface area (TPSA) is 69.6 Å². The third-order valence-corrected chi connectivity index (χ3v) is 5.37. The predicted molar refractivity (Wildman–Crippen MR) is 113 cm³/mol. The molecule has 0 aliphatic carbocycles. The lowest BCUT2D eigenvalue weighted by molar-refractivity contribution is -0.139. The largest absolute Gasteiger partial charge is 0.497 e. The Morgan fingerprint density at radius 2 is 1.90 bits per heavy atom. The van der Waals surface area contributed by atoms with E-state index in [1.165, 1.54) is 12.1 Å². The Hall–Kier alpha value is -3.61. The Morgan fingerprint density at radius 3 is 2.52 bits per heavy atom. The number of esters is 1. The van der Waals surface area contributed by atoms with Gasteiger partial charge in [-0.25, -0.2) is 9.18 Å². The maximum atomic E-state index is 13.3. The summed E-state index contributed by atoms with van der Waals surface area (Å²) in [5.41, 5.74) is 3.83. The number of hydrogen-bond acceptors (Lipinski definition) is 4. The number of cyclic esters (lactones) is 1. The van der Waals surface area contributed by atoms with Crippen LogP contribution in [0, 0.1) is 12.7 Å². The minimum absolute atomic E-state index is 0.296. The summed E-state index contributed by atoms with van der Waals surface area (Å²) in [6, 6.07) is 13.0. The summed E-state index contributed by atoms with van der Waals surface area (Å²) in [6.07, 6.45) is 2.34. The number of rotatable bonds is 6. The quantitative estimate of drug-likeness (QED) is 0.615. The highest BCUT2D eigenvalue weighted by molar-refractivity contribution is 6.02. The van der Waals surface area contributed by atoms with E-state index >= 15 is 0 Å². The molecule has 160 valence electrons. The van der Waals surface area contributed by atoms with Gasteiger partial charge in [0.1, 0.15) is 23.3 Å². The van der Waals surface area contributed by atoms with Crippen LogP contribution in [0.15, 0.2) is 54.7 Å². The number of aryl methyl sites for hydroxylation is 1. The van der Waals surface area contributed by atoms with Crippen molar-refractivity contribution in [2.24, 2.45) is 0 Å². The van der Waals surface area contributed by atoms with Gasteiger partial charge in [0.25, 0.3) is 5.91 Å². The molecular formula is C24H23FN2O4. The molecule has 0 spiro atoms. The van der Waals surface area contributed by atoms with E-state index in [-0.39, 0.29) is 11.7 Å². The van der Waals surface area contributed by atoms with Gasteiger partial charge in [0.05, 0.1) is 13.7 Å². The monoisotopic (exact) mass is 422 g/mol. The molecule has 2 aromatic carbocycles. The molecule has 31 heavy (non-hydrogen) atoms. The molecule has 1 unspecified atom stereocenters. The highest BCUT2D eigenvalue weighted by Crippen LogP contribution is 2.31. The van der Waals surface area contributed by atoms with E-state index in [2.05, 4.69) is 5.32 Å². The molecule has 1 aliphatic rings. The summed E-state index contributed by atoms with van der Waals surface area (Å²) < 4.78 is 25.4. The first kappa shape index (κ1) is 20.7. The first-order valence-electron chi connectivity index (χ1n) is 10.0. The van der Waals surface area contributed by atoms with Crippen LogP contribution in [0.1, 0.15) is 28.0 Å². The maximum Gasteiger partial charge on any atom is 0.328 e. The number of aromatic nitrogens is 1. The third kappa shape index (κ3) is 4.30. The highest BCUT2D eigenvalue weighted by Gasteiger charge is 2.30. The lowest BCUT2D eigenvalue weighted by Gasteiger charge is -2.15. The molecule has 0 saturated carbocycles. The predicted octanol–water partition coefficient (Wildman–Crippen LogP) is 3.70. The number of amides is 1. The maximum absolute atomic E-state index is 13.3. The second-order valence-corrected chi connectivity index (χ2v) is 7.50. The van der Waals surface area contributed by atoms with Gasteiger partial charge in [0.2, 0.25) is 0 Å². The van der Waals surface area contributed by atoms with Crippen LogP contribution in [0.5, 0.6) is 5.75 Å². The average Bonchev–Trinajstić information content (AvgIpc) is 3.32. The van der Waals surface area contributed by atoms with Gasteiger partial charge in [0.15, 0.2) is 0 Å². The van der Waals surface area contributed by atoms with Gasteiger partial charge in [-0.1, -0.05) is 24.3 Å². The van der Waals surface area contributed by atoms with Crippen molar-refractivity contribution in [2.75, 3.05) is 13.7 Å². The molecule has 1 fully saturated rings. The van der Waals surface area contributed by atoms with Gasteiger partial charge in [-0.3, -0.25) is 4.79 Å². The molecule has 2 heterocycles. The van der Waals surface area contributed by atoms with E-state index < -0.39 is 12.0 Å². The molecule has 1 atom stereocenters. The zero-order valence-electron chi connectivity index (χ0n) is 17.4. The standard InChI is InChI=1S/C24H23FN2O4/c1-15-13-27(14-16-3-7-18(25)8-4-16)22(23(28)26-20-11-12-31-24(20)29)21(15)17-5-9-19(30-2)10-6-17/h3-10,13,20H,11-12,14H2,1-2H3,(H,26,28). The number of ether oxygens (including phenoxy) is 2. The Labute approximate surface area is 179 Å². The van der Waals surface area contributed by atoms with Crippen molar-refractivity contribution < 1.29 is 23.5 Å². The summed E-state index contributed by atoms with van der Waals surface area (Å²) in [5.74, 6) is -0.381. The number of carbonyl (C=O) groups excluding carboxylic acids is 2. The van der Waals surface area contributed by atoms with E-state index in [4.69, 9.17) is 9.47 Å². The molecule has 1 aromatic heterocycles. The fraction of sp³-hybridized carbons (Fsp3) is 0.250. The van der Waals surface area contributed by atoms with Gasteiger partial charge in [-0.05, 0) is 47.9 Å². The van der Waals surface area contributed by atoms with Crippen LogP contribution in [0.4, 0.5) is 4.39 Å². The molecule has 1 aliphatic heterocycles. The van der Waals surface area contributed by atoms with Crippen molar-refractivity contribution in [3.05, 3.63) is 77.4 Å². The number of benzene rings is 2. The minimum atomic E-state index is -0.661. The van der Waals surface area contributed by atoms with Crippen molar-refractivity contribution in [2.45, 2.75) is 25.9 Å². The van der Waals surface area contributed by atoms with Crippen LogP contribution in [-0.2, 0) is 16.1 Å². The Balaban J connectivity index is 1.75. The fourth-order valence-electron chi connectivity index (χ4n) is 3.82. The average molecular weight is 422 g/mol. The number of halogens is 1. The van der Waals surface area contributed by atoms with E-state index in [0.717, 1.165) is 22.3 Å². The summed E-state index contributed by atoms with van der Waals surface area (Å²) >= 11 is 0. The van der Waals surface area contributed by atoms with Crippen LogP contribution in [0.3, 0.4) is 0 Å². The summed E-state index contributed by atoms with van der Waals surface area (Å²) in [5, 5.41) is 2.81. The second kappa shape index (κ2) is 8.63. The first-order chi connectivity index (χ1) is 15.0. The van der Waals surface area contributed by atoms with E-state index in [9.17, 15) is 14.0 Å². The summed E-state index contributed by atoms with van der Waals surface area (Å²) in [4.78, 5) is 25.2. The van der Waals surface area contributed by atoms with Gasteiger partial charge >= 0.3 is 5.97 Å². The zero-order chi connectivity index (χ0) is 22.0. The zero-order valence-corrected chi connectivity index (χ0v) is 17.4. The Kier molecular flexibility index (Phi) is 5.75. The van der Waals surface area contributed by atoms with Crippen molar-refractivity contribution in [3.63, 3.8) is 0 Å². The number of hydrogen-bond donors (Lipinski definition) is 1. The minimum Gasteiger partial charge on any atom is -0.497 e. The smallest absolute Gasteiger partial charge is 0.328 e. The van der Waals surface area contributed by atoms with Crippen molar-refractivity contribution in [1.82, 2.24) is 9.88 Å². The van der Waals surface area contributed by atoms with Gasteiger partial charge in [-0.2, -0.15) is 0 Å². The third-order valence-electron chi connectivity index (χ3n) is 5.37.